The van der Waals surface area contributed by atoms with E-state index in [1.54, 1.807) is 13.1 Å². The van der Waals surface area contributed by atoms with Crippen LogP contribution in [0.4, 0.5) is 13.2 Å². The van der Waals surface area contributed by atoms with Gasteiger partial charge in [-0.25, -0.2) is 13.2 Å². The molecule has 0 aliphatic heterocycles. The maximum absolute atomic E-state index is 13.9. The first-order valence-electron chi connectivity index (χ1n) is 8.68. The Labute approximate surface area is 176 Å². The molecule has 1 unspecified atom stereocenters. The molecule has 28 heavy (non-hydrogen) atoms. The average molecular weight is 497 g/mol. The van der Waals surface area contributed by atoms with Crippen LogP contribution in [0, 0.1) is 17.5 Å². The molecule has 1 heterocycles. The van der Waals surface area contributed by atoms with E-state index in [-0.39, 0.29) is 15.1 Å². The molecule has 1 aromatic heterocycles. The number of halogens is 5. The maximum Gasteiger partial charge on any atom is 0.265 e. The SMILES string of the molecule is CC(C)(CCC(c1cc(F)c(F)c(F)c1)n1cc(Cl)cc(Br)c1=O)[Si](C)(C)O. The molecule has 0 fully saturated rings. The van der Waals surface area contributed by atoms with E-state index in [0.717, 1.165) is 12.1 Å². The van der Waals surface area contributed by atoms with E-state index < -0.39 is 42.4 Å². The highest BCUT2D eigenvalue weighted by atomic mass is 79.9. The van der Waals surface area contributed by atoms with Crippen LogP contribution in [-0.4, -0.2) is 17.7 Å². The average Bonchev–Trinajstić information content (AvgIpc) is 2.55. The van der Waals surface area contributed by atoms with Crippen LogP contribution in [0.1, 0.15) is 38.3 Å². The summed E-state index contributed by atoms with van der Waals surface area (Å²) >= 11 is 9.21. The molecule has 2 aromatic rings. The summed E-state index contributed by atoms with van der Waals surface area (Å²) < 4.78 is 42.7. The minimum atomic E-state index is -2.55. The molecule has 0 radical (unpaired) electrons. The molecule has 0 amide bonds. The molecule has 0 saturated carbocycles. The summed E-state index contributed by atoms with van der Waals surface area (Å²) in [7, 11) is -2.55. The van der Waals surface area contributed by atoms with Crippen LogP contribution in [0.5, 0.6) is 0 Å². The van der Waals surface area contributed by atoms with Crippen molar-refractivity contribution in [1.29, 1.82) is 0 Å². The third kappa shape index (κ3) is 4.90. The molecular weight excluding hydrogens is 475 g/mol. The monoisotopic (exact) mass is 495 g/mol. The van der Waals surface area contributed by atoms with Gasteiger partial charge in [-0.2, -0.15) is 0 Å². The Balaban J connectivity index is 2.59. The molecule has 0 aliphatic rings. The van der Waals surface area contributed by atoms with Crippen molar-refractivity contribution in [1.82, 2.24) is 4.57 Å². The number of hydrogen-bond donors (Lipinski definition) is 1. The second-order valence-electron chi connectivity index (χ2n) is 8.01. The molecule has 0 bridgehead atoms. The molecule has 154 valence electrons. The minimum Gasteiger partial charge on any atom is -0.432 e. The summed E-state index contributed by atoms with van der Waals surface area (Å²) in [6.45, 7) is 7.44. The van der Waals surface area contributed by atoms with Crippen molar-refractivity contribution in [2.75, 3.05) is 0 Å². The van der Waals surface area contributed by atoms with E-state index >= 15 is 0 Å². The molecule has 2 rings (SSSR count). The molecule has 1 aromatic carbocycles. The molecule has 1 N–H and O–H groups in total. The second kappa shape index (κ2) is 8.34. The molecule has 9 heteroatoms. The lowest BCUT2D eigenvalue weighted by Crippen LogP contribution is -2.39. The molecule has 0 aliphatic carbocycles. The highest BCUT2D eigenvalue weighted by Gasteiger charge is 2.38. The van der Waals surface area contributed by atoms with Gasteiger partial charge >= 0.3 is 0 Å². The first kappa shape index (κ1) is 23.2. The van der Waals surface area contributed by atoms with Gasteiger partial charge in [-0.1, -0.05) is 25.4 Å². The zero-order chi connectivity index (χ0) is 21.4. The van der Waals surface area contributed by atoms with Gasteiger partial charge in [-0.15, -0.1) is 0 Å². The second-order valence-corrected chi connectivity index (χ2v) is 13.8. The molecular formula is C19H22BrClF3NO2Si. The number of hydrogen-bond acceptors (Lipinski definition) is 2. The van der Waals surface area contributed by atoms with Gasteiger partial charge in [0.2, 0.25) is 0 Å². The lowest BCUT2D eigenvalue weighted by atomic mass is 9.96. The molecule has 1 atom stereocenters. The normalized spacial score (nSPS) is 13.6. The Morgan fingerprint density at radius 2 is 1.75 bits per heavy atom. The zero-order valence-corrected chi connectivity index (χ0v) is 19.3. The van der Waals surface area contributed by atoms with Crippen LogP contribution in [0.3, 0.4) is 0 Å². The van der Waals surface area contributed by atoms with E-state index in [0.29, 0.717) is 12.8 Å². The number of benzene rings is 1. The fourth-order valence-corrected chi connectivity index (χ4v) is 4.36. The van der Waals surface area contributed by atoms with Crippen LogP contribution in [-0.2, 0) is 0 Å². The van der Waals surface area contributed by atoms with Crippen molar-refractivity contribution in [3.63, 3.8) is 0 Å². The Kier molecular flexibility index (Phi) is 6.90. The maximum atomic E-state index is 13.9. The first-order chi connectivity index (χ1) is 12.7. The van der Waals surface area contributed by atoms with Gasteiger partial charge in [0.15, 0.2) is 25.8 Å². The lowest BCUT2D eigenvalue weighted by Gasteiger charge is -2.36. The number of aromatic nitrogens is 1. The Morgan fingerprint density at radius 1 is 1.21 bits per heavy atom. The van der Waals surface area contributed by atoms with Crippen molar-refractivity contribution >= 4 is 35.8 Å². The summed E-state index contributed by atoms with van der Waals surface area (Å²) in [5, 5.41) is -0.169. The summed E-state index contributed by atoms with van der Waals surface area (Å²) in [5.41, 5.74) is -0.321. The fourth-order valence-electron chi connectivity index (χ4n) is 2.80. The van der Waals surface area contributed by atoms with Crippen molar-refractivity contribution in [3.05, 3.63) is 67.3 Å². The Hall–Kier alpha value is -1.09. The van der Waals surface area contributed by atoms with E-state index in [9.17, 15) is 22.8 Å². The van der Waals surface area contributed by atoms with Crippen LogP contribution in [0.25, 0.3) is 0 Å². The van der Waals surface area contributed by atoms with Crippen molar-refractivity contribution < 1.29 is 18.0 Å². The standard InChI is InChI=1S/C19H22BrClF3NO2Si/c1-19(2,28(3,4)27)6-5-16(11-7-14(22)17(24)15(23)8-11)25-10-12(21)9-13(20)18(25)26/h7-10,16,27H,5-6H2,1-4H3. The summed E-state index contributed by atoms with van der Waals surface area (Å²) in [6, 6.07) is 2.41. The van der Waals surface area contributed by atoms with Crippen LogP contribution >= 0.6 is 27.5 Å². The Morgan fingerprint density at radius 3 is 2.25 bits per heavy atom. The van der Waals surface area contributed by atoms with E-state index in [4.69, 9.17) is 11.6 Å². The van der Waals surface area contributed by atoms with E-state index in [2.05, 4.69) is 15.9 Å². The third-order valence-electron chi connectivity index (χ3n) is 5.39. The van der Waals surface area contributed by atoms with E-state index in [1.165, 1.54) is 16.8 Å². The summed E-state index contributed by atoms with van der Waals surface area (Å²) in [4.78, 5) is 23.2. The van der Waals surface area contributed by atoms with Gasteiger partial charge in [0.1, 0.15) is 0 Å². The third-order valence-corrected chi connectivity index (χ3v) is 9.73. The molecule has 3 nitrogen and oxygen atoms in total. The summed E-state index contributed by atoms with van der Waals surface area (Å²) in [5.74, 6) is -4.22. The molecule has 0 spiro atoms. The van der Waals surface area contributed by atoms with Gasteiger partial charge in [0.25, 0.3) is 5.56 Å². The van der Waals surface area contributed by atoms with Crippen molar-refractivity contribution in [2.24, 2.45) is 0 Å². The number of nitrogens with zero attached hydrogens (tertiary/aromatic N) is 1. The van der Waals surface area contributed by atoms with Gasteiger partial charge in [0.05, 0.1) is 15.5 Å². The lowest BCUT2D eigenvalue weighted by molar-refractivity contribution is 0.402. The topological polar surface area (TPSA) is 42.2 Å². The Bertz CT molecular complexity index is 921. The predicted octanol–water partition coefficient (Wildman–Crippen LogP) is 6.03. The van der Waals surface area contributed by atoms with Crippen LogP contribution in [0.2, 0.25) is 23.2 Å². The highest BCUT2D eigenvalue weighted by Crippen LogP contribution is 2.42. The number of rotatable bonds is 6. The summed E-state index contributed by atoms with van der Waals surface area (Å²) in [6.07, 6.45) is 2.15. The van der Waals surface area contributed by atoms with E-state index in [1.807, 2.05) is 13.8 Å². The minimum absolute atomic E-state index is 0.112. The van der Waals surface area contributed by atoms with Crippen LogP contribution in [0.15, 0.2) is 33.7 Å². The predicted molar refractivity (Wildman–Crippen MR) is 111 cm³/mol. The molecule has 0 saturated heterocycles. The first-order valence-corrected chi connectivity index (χ1v) is 12.8. The number of pyridine rings is 1. The van der Waals surface area contributed by atoms with Crippen molar-refractivity contribution in [2.45, 2.75) is 50.9 Å². The van der Waals surface area contributed by atoms with Gasteiger partial charge in [-0.3, -0.25) is 4.79 Å². The quantitative estimate of drug-likeness (QED) is 0.392. The van der Waals surface area contributed by atoms with Crippen molar-refractivity contribution in [3.8, 4) is 0 Å². The fraction of sp³-hybridized carbons (Fsp3) is 0.421. The van der Waals surface area contributed by atoms with Gasteiger partial charge in [0, 0.05) is 6.20 Å². The van der Waals surface area contributed by atoms with Gasteiger partial charge in [-0.05, 0) is 70.7 Å². The highest BCUT2D eigenvalue weighted by molar-refractivity contribution is 9.10. The smallest absolute Gasteiger partial charge is 0.265 e. The van der Waals surface area contributed by atoms with Crippen LogP contribution < -0.4 is 5.56 Å². The van der Waals surface area contributed by atoms with Gasteiger partial charge < -0.3 is 9.36 Å². The largest absolute Gasteiger partial charge is 0.432 e. The zero-order valence-electron chi connectivity index (χ0n) is 16.0.